The number of hydrogen-bond acceptors (Lipinski definition) is 6. The van der Waals surface area contributed by atoms with E-state index in [1.165, 1.54) is 0 Å². The third-order valence-electron chi connectivity index (χ3n) is 7.22. The molecule has 0 saturated heterocycles. The molecular weight excluding hydrogens is 360 g/mol. The van der Waals surface area contributed by atoms with E-state index in [1.807, 2.05) is 48.5 Å². The highest BCUT2D eigenvalue weighted by molar-refractivity contribution is 5.76. The predicted octanol–water partition coefficient (Wildman–Crippen LogP) is 4.20. The lowest BCUT2D eigenvalue weighted by atomic mass is 9.86. The molecule has 0 aromatic carbocycles. The summed E-state index contributed by atoms with van der Waals surface area (Å²) in [5.74, 6) is 0.157. The van der Waals surface area contributed by atoms with Gasteiger partial charge in [0.25, 0.3) is 0 Å². The van der Waals surface area contributed by atoms with Crippen LogP contribution in [0.3, 0.4) is 0 Å². The molecule has 0 N–H and O–H groups in total. The van der Waals surface area contributed by atoms with Crippen LogP contribution in [0.5, 0.6) is 0 Å². The summed E-state index contributed by atoms with van der Waals surface area (Å²) in [4.78, 5) is 13.0. The molecule has 4 saturated carbocycles. The van der Waals surface area contributed by atoms with Crippen molar-refractivity contribution in [3.8, 4) is 0 Å². The minimum atomic E-state index is -0.640. The maximum absolute atomic E-state index is 13.0. The Kier molecular flexibility index (Phi) is 5.92. The largest absolute Gasteiger partial charge is 0.455 e. The minimum absolute atomic E-state index is 0.150. The van der Waals surface area contributed by atoms with E-state index in [2.05, 4.69) is 0 Å². The molecule has 6 heteroatoms. The fourth-order valence-corrected chi connectivity index (χ4v) is 5.59. The zero-order valence-corrected chi connectivity index (χ0v) is 18.6. The smallest absolute Gasteiger partial charge is 0.312 e. The number of ether oxygens (including phenoxy) is 5. The molecule has 0 spiro atoms. The SMILES string of the molecule is CCOC(C)OC12CC3(OC(=O)C(C)(C)CC)CC1CC3(OC(C)OCC)C2. The fraction of sp³-hybridized carbons (Fsp3) is 0.955. The van der Waals surface area contributed by atoms with Crippen LogP contribution in [-0.4, -0.2) is 48.6 Å². The van der Waals surface area contributed by atoms with Crippen LogP contribution >= 0.6 is 0 Å². The van der Waals surface area contributed by atoms with Gasteiger partial charge in [0.1, 0.15) is 11.2 Å². The summed E-state index contributed by atoms with van der Waals surface area (Å²) in [5.41, 5.74) is -2.05. The molecule has 0 aromatic heterocycles. The summed E-state index contributed by atoms with van der Waals surface area (Å²) in [7, 11) is 0. The van der Waals surface area contributed by atoms with Gasteiger partial charge in [0.2, 0.25) is 0 Å². The van der Waals surface area contributed by atoms with E-state index < -0.39 is 16.6 Å². The van der Waals surface area contributed by atoms with Gasteiger partial charge in [-0.2, -0.15) is 0 Å². The molecule has 0 radical (unpaired) electrons. The van der Waals surface area contributed by atoms with Crippen LogP contribution in [0.1, 0.15) is 80.6 Å². The molecular formula is C22H38O6. The summed E-state index contributed by atoms with van der Waals surface area (Å²) in [6.07, 6.45) is 3.12. The van der Waals surface area contributed by atoms with Gasteiger partial charge in [0.15, 0.2) is 12.6 Å². The number of esters is 1. The first-order chi connectivity index (χ1) is 13.1. The van der Waals surface area contributed by atoms with Gasteiger partial charge in [-0.1, -0.05) is 6.92 Å². The second-order valence-electron chi connectivity index (χ2n) is 9.42. The van der Waals surface area contributed by atoms with E-state index in [0.29, 0.717) is 25.6 Å². The van der Waals surface area contributed by atoms with Gasteiger partial charge in [-0.3, -0.25) is 4.79 Å². The van der Waals surface area contributed by atoms with Crippen molar-refractivity contribution in [3.63, 3.8) is 0 Å². The predicted molar refractivity (Wildman–Crippen MR) is 105 cm³/mol. The van der Waals surface area contributed by atoms with Crippen molar-refractivity contribution >= 4 is 5.97 Å². The Bertz CT molecular complexity index is 592. The van der Waals surface area contributed by atoms with Crippen molar-refractivity contribution in [1.82, 2.24) is 0 Å². The molecule has 0 aliphatic heterocycles. The molecule has 0 amide bonds. The Morgan fingerprint density at radius 3 is 2.07 bits per heavy atom. The fourth-order valence-electron chi connectivity index (χ4n) is 5.59. The van der Waals surface area contributed by atoms with Gasteiger partial charge in [-0.25, -0.2) is 0 Å². The molecule has 4 rings (SSSR count). The van der Waals surface area contributed by atoms with Crippen LogP contribution < -0.4 is 0 Å². The van der Waals surface area contributed by atoms with Crippen molar-refractivity contribution in [2.75, 3.05) is 13.2 Å². The van der Waals surface area contributed by atoms with Crippen LogP contribution in [0, 0.1) is 11.3 Å². The van der Waals surface area contributed by atoms with Crippen LogP contribution in [0.2, 0.25) is 0 Å². The van der Waals surface area contributed by atoms with E-state index in [4.69, 9.17) is 23.7 Å². The lowest BCUT2D eigenvalue weighted by Crippen LogP contribution is -2.53. The Morgan fingerprint density at radius 1 is 0.964 bits per heavy atom. The molecule has 4 bridgehead atoms. The van der Waals surface area contributed by atoms with Crippen LogP contribution in [0.25, 0.3) is 0 Å². The van der Waals surface area contributed by atoms with Crippen molar-refractivity contribution in [2.24, 2.45) is 11.3 Å². The monoisotopic (exact) mass is 398 g/mol. The van der Waals surface area contributed by atoms with Gasteiger partial charge in [0.05, 0.1) is 11.0 Å². The summed E-state index contributed by atoms with van der Waals surface area (Å²) in [6, 6.07) is 0. The van der Waals surface area contributed by atoms with Gasteiger partial charge in [-0.15, -0.1) is 0 Å². The van der Waals surface area contributed by atoms with Crippen LogP contribution in [0.15, 0.2) is 0 Å². The highest BCUT2D eigenvalue weighted by Crippen LogP contribution is 2.73. The second kappa shape index (κ2) is 7.53. The van der Waals surface area contributed by atoms with Gasteiger partial charge in [-0.05, 0) is 66.7 Å². The number of hydrogen-bond donors (Lipinski definition) is 0. The van der Waals surface area contributed by atoms with E-state index in [-0.39, 0.29) is 24.2 Å². The first-order valence-electron chi connectivity index (χ1n) is 10.9. The maximum atomic E-state index is 13.0. The van der Waals surface area contributed by atoms with Crippen molar-refractivity contribution in [1.29, 1.82) is 0 Å². The van der Waals surface area contributed by atoms with Crippen LogP contribution in [-0.2, 0) is 28.5 Å². The van der Waals surface area contributed by atoms with E-state index >= 15 is 0 Å². The first kappa shape index (κ1) is 22.0. The highest BCUT2D eigenvalue weighted by Gasteiger charge is 2.82. The number of carbonyl (C=O) groups excluding carboxylic acids is 1. The van der Waals surface area contributed by atoms with E-state index in [1.54, 1.807) is 0 Å². The summed E-state index contributed by atoms with van der Waals surface area (Å²) < 4.78 is 30.6. The maximum Gasteiger partial charge on any atom is 0.312 e. The average molecular weight is 399 g/mol. The lowest BCUT2D eigenvalue weighted by Gasteiger charge is -2.42. The summed E-state index contributed by atoms with van der Waals surface area (Å²) >= 11 is 0. The van der Waals surface area contributed by atoms with Gasteiger partial charge in [0, 0.05) is 26.1 Å². The third-order valence-corrected chi connectivity index (χ3v) is 7.22. The molecule has 28 heavy (non-hydrogen) atoms. The van der Waals surface area contributed by atoms with E-state index in [9.17, 15) is 4.79 Å². The Morgan fingerprint density at radius 2 is 1.50 bits per heavy atom. The quantitative estimate of drug-likeness (QED) is 0.384. The molecule has 4 aliphatic rings. The Labute approximate surface area is 169 Å². The molecule has 4 fully saturated rings. The molecule has 0 aromatic rings. The standard InChI is InChI=1S/C22H38O6/c1-8-19(6,7)18(23)28-22-12-17-11-21(22,27-16(5)25-10-3)13-20(17,14-22)26-15(4)24-9-2/h15-17H,8-14H2,1-7H3. The normalized spacial score (nSPS) is 38.2. The van der Waals surface area contributed by atoms with Gasteiger partial charge >= 0.3 is 5.97 Å². The number of carbonyl (C=O) groups is 1. The molecule has 4 aliphatic carbocycles. The first-order valence-corrected chi connectivity index (χ1v) is 10.9. The molecule has 162 valence electrons. The minimum Gasteiger partial charge on any atom is -0.455 e. The van der Waals surface area contributed by atoms with Crippen molar-refractivity contribution < 1.29 is 28.5 Å². The number of rotatable bonds is 11. The second-order valence-corrected chi connectivity index (χ2v) is 9.42. The van der Waals surface area contributed by atoms with Crippen molar-refractivity contribution in [2.45, 2.75) is 110 Å². The summed E-state index contributed by atoms with van der Waals surface area (Å²) in [5, 5.41) is 0. The third kappa shape index (κ3) is 3.40. The molecule has 6 nitrogen and oxygen atoms in total. The molecule has 0 heterocycles. The molecule has 6 unspecified atom stereocenters. The Hall–Kier alpha value is -0.690. The zero-order valence-electron chi connectivity index (χ0n) is 18.6. The van der Waals surface area contributed by atoms with E-state index in [0.717, 1.165) is 25.7 Å². The Balaban J connectivity index is 1.87. The van der Waals surface area contributed by atoms with Crippen LogP contribution in [0.4, 0.5) is 0 Å². The zero-order chi connectivity index (χ0) is 20.8. The highest BCUT2D eigenvalue weighted by atomic mass is 16.7. The van der Waals surface area contributed by atoms with Crippen molar-refractivity contribution in [3.05, 3.63) is 0 Å². The molecule has 6 atom stereocenters. The topological polar surface area (TPSA) is 63.2 Å². The van der Waals surface area contributed by atoms with Gasteiger partial charge < -0.3 is 23.7 Å². The average Bonchev–Trinajstić information content (AvgIpc) is 3.20. The lowest BCUT2D eigenvalue weighted by molar-refractivity contribution is -0.251. The summed E-state index contributed by atoms with van der Waals surface area (Å²) in [6.45, 7) is 14.9.